The molecule has 0 unspecified atom stereocenters. The van der Waals surface area contributed by atoms with Gasteiger partial charge in [-0.1, -0.05) is 51.9 Å². The largest absolute Gasteiger partial charge is 0.435 e. The molecule has 0 aliphatic rings. The molecule has 0 saturated carbocycles. The van der Waals surface area contributed by atoms with Crippen molar-refractivity contribution in [2.75, 3.05) is 0 Å². The van der Waals surface area contributed by atoms with Crippen LogP contribution in [0.4, 0.5) is 23.2 Å². The number of benzene rings is 4. The molecule has 4 rings (SSSR count). The maximum absolute atomic E-state index is 12.4. The van der Waals surface area contributed by atoms with E-state index in [4.69, 9.17) is 5.41 Å². The first-order valence-corrected chi connectivity index (χ1v) is 13.3. The fourth-order valence-corrected chi connectivity index (χ4v) is 5.62. The molecule has 0 saturated heterocycles. The molecule has 0 aliphatic carbocycles. The Hall–Kier alpha value is -3.76. The van der Waals surface area contributed by atoms with E-state index >= 15 is 0 Å². The van der Waals surface area contributed by atoms with Crippen molar-refractivity contribution in [2.24, 2.45) is 4.99 Å². The quantitative estimate of drug-likeness (QED) is 0.114. The summed E-state index contributed by atoms with van der Waals surface area (Å²) in [5.41, 5.74) is 2.96. The van der Waals surface area contributed by atoms with Crippen LogP contribution in [-0.2, 0) is 0 Å². The first kappa shape index (κ1) is 27.3. The van der Waals surface area contributed by atoms with Crippen LogP contribution in [0.25, 0.3) is 0 Å². The predicted octanol–water partition coefficient (Wildman–Crippen LogP) is 8.86. The van der Waals surface area contributed by atoms with Crippen molar-refractivity contribution in [3.63, 3.8) is 0 Å². The second-order valence-electron chi connectivity index (χ2n) is 7.61. The molecule has 0 aromatic heterocycles. The van der Waals surface area contributed by atoms with E-state index in [2.05, 4.69) is 14.5 Å². The maximum atomic E-state index is 12.4. The minimum absolute atomic E-state index is 0.0318. The second kappa shape index (κ2) is 13.2. The minimum Gasteiger partial charge on any atom is -0.435 e. The Kier molecular flexibility index (Phi) is 9.45. The third-order valence-electron chi connectivity index (χ3n) is 5.07. The van der Waals surface area contributed by atoms with Gasteiger partial charge in [0, 0.05) is 27.1 Å². The lowest BCUT2D eigenvalue weighted by molar-refractivity contribution is -0.0505. The molecule has 38 heavy (non-hydrogen) atoms. The van der Waals surface area contributed by atoms with Gasteiger partial charge in [0.2, 0.25) is 0 Å². The Bertz CT molecular complexity index is 1400. The fraction of sp³-hybridized carbons (Fsp3) is 0.0714. The molecular weight excluding hydrogens is 536 g/mol. The summed E-state index contributed by atoms with van der Waals surface area (Å²) in [5.74, 6) is 0.107. The van der Waals surface area contributed by atoms with Crippen molar-refractivity contribution in [1.82, 2.24) is 0 Å². The van der Waals surface area contributed by atoms with Gasteiger partial charge in [-0.3, -0.25) is 10.4 Å². The van der Waals surface area contributed by atoms with Gasteiger partial charge in [0.15, 0.2) is 0 Å². The van der Waals surface area contributed by atoms with Gasteiger partial charge >= 0.3 is 13.2 Å². The number of nitrogens with zero attached hydrogens (tertiary/aromatic N) is 1. The highest BCUT2D eigenvalue weighted by molar-refractivity contribution is 8.76. The molecule has 0 spiro atoms. The molecule has 1 N–H and O–H groups in total. The zero-order valence-corrected chi connectivity index (χ0v) is 21.2. The van der Waals surface area contributed by atoms with Crippen LogP contribution >= 0.6 is 21.6 Å². The minimum atomic E-state index is -2.91. The summed E-state index contributed by atoms with van der Waals surface area (Å²) in [5, 5.41) is 8.68. The number of ether oxygens (including phenoxy) is 2. The summed E-state index contributed by atoms with van der Waals surface area (Å²) in [7, 11) is 2.95. The van der Waals surface area contributed by atoms with Crippen molar-refractivity contribution in [3.05, 3.63) is 114 Å². The number of para-hydroxylation sites is 1. The fourth-order valence-electron chi connectivity index (χ4n) is 3.31. The van der Waals surface area contributed by atoms with Gasteiger partial charge in [-0.25, -0.2) is 0 Å². The Labute approximate surface area is 224 Å². The molecule has 4 aromatic rings. The smallest absolute Gasteiger partial charge is 0.387 e. The average molecular weight is 557 g/mol. The van der Waals surface area contributed by atoms with Crippen LogP contribution in [-0.4, -0.2) is 25.1 Å². The summed E-state index contributed by atoms with van der Waals surface area (Å²) in [6.07, 6.45) is 1.64. The highest BCUT2D eigenvalue weighted by Gasteiger charge is 2.13. The monoisotopic (exact) mass is 556 g/mol. The number of alkyl halides is 4. The third kappa shape index (κ3) is 7.62. The zero-order valence-electron chi connectivity index (χ0n) is 19.6. The maximum Gasteiger partial charge on any atom is 0.387 e. The SMILES string of the molecule is N=C(c1ccc(OC(F)F)cc1)c1ccccc1SSc1ccccc1N=Cc1ccc(OC(F)F)cc1. The highest BCUT2D eigenvalue weighted by atomic mass is 33.1. The van der Waals surface area contributed by atoms with Crippen LogP contribution in [0, 0.1) is 5.41 Å². The van der Waals surface area contributed by atoms with E-state index in [0.717, 1.165) is 21.0 Å². The normalized spacial score (nSPS) is 11.3. The van der Waals surface area contributed by atoms with Gasteiger partial charge in [0.05, 0.1) is 11.4 Å². The molecule has 10 heteroatoms. The molecule has 0 bridgehead atoms. The zero-order chi connectivity index (χ0) is 26.9. The summed E-state index contributed by atoms with van der Waals surface area (Å²) in [4.78, 5) is 6.30. The summed E-state index contributed by atoms with van der Waals surface area (Å²) >= 11 is 0. The molecule has 0 fully saturated rings. The van der Waals surface area contributed by atoms with E-state index in [-0.39, 0.29) is 17.2 Å². The summed E-state index contributed by atoms with van der Waals surface area (Å²) < 4.78 is 58.3. The number of hydrogen-bond donors (Lipinski definition) is 1. The van der Waals surface area contributed by atoms with Crippen LogP contribution < -0.4 is 9.47 Å². The number of halogens is 4. The van der Waals surface area contributed by atoms with Gasteiger partial charge in [-0.05, 0) is 72.3 Å². The van der Waals surface area contributed by atoms with Crippen molar-refractivity contribution in [2.45, 2.75) is 23.0 Å². The molecule has 0 aliphatic heterocycles. The number of hydrogen-bond acceptors (Lipinski definition) is 6. The molecule has 0 amide bonds. The van der Waals surface area contributed by atoms with E-state index in [0.29, 0.717) is 11.1 Å². The lowest BCUT2D eigenvalue weighted by Gasteiger charge is -2.12. The standard InChI is InChI=1S/C28H20F4N2O2S2/c29-27(30)35-20-13-9-18(10-14-20)17-34-23-6-2-4-8-25(23)38-37-24-7-3-1-5-22(24)26(33)19-11-15-21(16-12-19)36-28(31)32/h1-17,27-28,33H. The molecule has 0 radical (unpaired) electrons. The molecule has 0 atom stereocenters. The summed E-state index contributed by atoms with van der Waals surface area (Å²) in [6, 6.07) is 27.2. The van der Waals surface area contributed by atoms with Crippen molar-refractivity contribution < 1.29 is 27.0 Å². The van der Waals surface area contributed by atoms with E-state index in [1.165, 1.54) is 45.9 Å². The van der Waals surface area contributed by atoms with Gasteiger partial charge in [0.1, 0.15) is 11.5 Å². The number of rotatable bonds is 11. The van der Waals surface area contributed by atoms with E-state index in [9.17, 15) is 17.6 Å². The van der Waals surface area contributed by atoms with Crippen LogP contribution in [0.3, 0.4) is 0 Å². The lowest BCUT2D eigenvalue weighted by Crippen LogP contribution is -2.04. The van der Waals surface area contributed by atoms with E-state index in [1.54, 1.807) is 30.5 Å². The number of aliphatic imine (C=N–C) groups is 1. The Morgan fingerprint density at radius 3 is 1.84 bits per heavy atom. The van der Waals surface area contributed by atoms with Crippen LogP contribution in [0.15, 0.2) is 112 Å². The van der Waals surface area contributed by atoms with Gasteiger partial charge in [0.25, 0.3) is 0 Å². The van der Waals surface area contributed by atoms with Gasteiger partial charge in [-0.15, -0.1) is 0 Å². The average Bonchev–Trinajstić information content (AvgIpc) is 2.91. The Morgan fingerprint density at radius 2 is 1.21 bits per heavy atom. The Balaban J connectivity index is 1.47. The van der Waals surface area contributed by atoms with Crippen molar-refractivity contribution >= 4 is 39.2 Å². The molecule has 0 heterocycles. The molecule has 4 nitrogen and oxygen atoms in total. The molecular formula is C28H20F4N2O2S2. The van der Waals surface area contributed by atoms with Crippen molar-refractivity contribution in [1.29, 1.82) is 5.41 Å². The molecule has 4 aromatic carbocycles. The van der Waals surface area contributed by atoms with Crippen LogP contribution in [0.5, 0.6) is 11.5 Å². The topological polar surface area (TPSA) is 54.7 Å². The van der Waals surface area contributed by atoms with Gasteiger partial charge < -0.3 is 9.47 Å². The first-order valence-electron chi connectivity index (χ1n) is 11.1. The van der Waals surface area contributed by atoms with Gasteiger partial charge in [-0.2, -0.15) is 17.6 Å². The first-order chi connectivity index (χ1) is 18.4. The van der Waals surface area contributed by atoms with Crippen LogP contribution in [0.2, 0.25) is 0 Å². The number of nitrogens with one attached hydrogen (secondary N) is 1. The highest BCUT2D eigenvalue weighted by Crippen LogP contribution is 2.43. The van der Waals surface area contributed by atoms with Crippen LogP contribution in [0.1, 0.15) is 16.7 Å². The summed E-state index contributed by atoms with van der Waals surface area (Å²) in [6.45, 7) is -5.78. The van der Waals surface area contributed by atoms with E-state index < -0.39 is 13.2 Å². The third-order valence-corrected chi connectivity index (χ3v) is 7.54. The molecule has 194 valence electrons. The predicted molar refractivity (Wildman–Crippen MR) is 144 cm³/mol. The second-order valence-corrected chi connectivity index (χ2v) is 9.83. The lowest BCUT2D eigenvalue weighted by atomic mass is 10.0. The van der Waals surface area contributed by atoms with E-state index in [1.807, 2.05) is 48.5 Å². The van der Waals surface area contributed by atoms with Crippen molar-refractivity contribution in [3.8, 4) is 11.5 Å². The Morgan fingerprint density at radius 1 is 0.684 bits per heavy atom.